The highest BCUT2D eigenvalue weighted by Crippen LogP contribution is 2.23. The molecule has 0 unspecified atom stereocenters. The maximum Gasteiger partial charge on any atom is 0.223 e. The molecule has 0 bridgehead atoms. The first kappa shape index (κ1) is 21.0. The van der Waals surface area contributed by atoms with Gasteiger partial charge in [0, 0.05) is 57.2 Å². The maximum absolute atomic E-state index is 12.5. The Morgan fingerprint density at radius 2 is 1.57 bits per heavy atom. The molecule has 5 nitrogen and oxygen atoms in total. The maximum atomic E-state index is 12.5. The molecule has 1 aromatic carbocycles. The number of carbonyl (C=O) groups excluding carboxylic acids is 2. The van der Waals surface area contributed by atoms with Crippen LogP contribution in [0.25, 0.3) is 0 Å². The fourth-order valence-corrected chi connectivity index (χ4v) is 4.47. The molecule has 2 aliphatic rings. The molecule has 5 heteroatoms. The van der Waals surface area contributed by atoms with Crippen LogP contribution in [0.5, 0.6) is 0 Å². The van der Waals surface area contributed by atoms with Crippen molar-refractivity contribution in [2.75, 3.05) is 40.3 Å². The lowest BCUT2D eigenvalue weighted by Crippen LogP contribution is -2.52. The number of benzene rings is 1. The van der Waals surface area contributed by atoms with Crippen LogP contribution in [0.3, 0.4) is 0 Å². The lowest BCUT2D eigenvalue weighted by atomic mass is 9.94. The van der Waals surface area contributed by atoms with Gasteiger partial charge in [0.05, 0.1) is 0 Å². The Bertz CT molecular complexity index is 642. The van der Waals surface area contributed by atoms with Gasteiger partial charge < -0.3 is 9.80 Å². The van der Waals surface area contributed by atoms with E-state index in [0.29, 0.717) is 18.4 Å². The summed E-state index contributed by atoms with van der Waals surface area (Å²) in [6.45, 7) is 4.45. The van der Waals surface area contributed by atoms with Crippen LogP contribution in [0.2, 0.25) is 0 Å². The SMILES string of the molecule is CN(C)Cc1ccc(C(=O)CCC(=O)N2CCN(C3CCCCC3)CC2)cc1. The zero-order chi connectivity index (χ0) is 19.9. The van der Waals surface area contributed by atoms with E-state index in [9.17, 15) is 9.59 Å². The van der Waals surface area contributed by atoms with E-state index < -0.39 is 0 Å². The first-order valence-electron chi connectivity index (χ1n) is 10.8. The molecule has 1 heterocycles. The van der Waals surface area contributed by atoms with Gasteiger partial charge in [-0.25, -0.2) is 0 Å². The van der Waals surface area contributed by atoms with Crippen LogP contribution in [0.1, 0.15) is 60.9 Å². The van der Waals surface area contributed by atoms with Crippen molar-refractivity contribution in [1.82, 2.24) is 14.7 Å². The molecule has 0 atom stereocenters. The third kappa shape index (κ3) is 5.89. The number of hydrogen-bond donors (Lipinski definition) is 0. The summed E-state index contributed by atoms with van der Waals surface area (Å²) >= 11 is 0. The summed E-state index contributed by atoms with van der Waals surface area (Å²) in [5.74, 6) is 0.187. The topological polar surface area (TPSA) is 43.9 Å². The third-order valence-corrected chi connectivity index (χ3v) is 6.10. The summed E-state index contributed by atoms with van der Waals surface area (Å²) in [4.78, 5) is 31.6. The van der Waals surface area contributed by atoms with Crippen LogP contribution in [0, 0.1) is 0 Å². The highest BCUT2D eigenvalue weighted by Gasteiger charge is 2.27. The monoisotopic (exact) mass is 385 g/mol. The molecular weight excluding hydrogens is 350 g/mol. The second kappa shape index (κ2) is 10.2. The third-order valence-electron chi connectivity index (χ3n) is 6.10. The Morgan fingerprint density at radius 1 is 0.929 bits per heavy atom. The van der Waals surface area contributed by atoms with Gasteiger partial charge in [-0.1, -0.05) is 43.5 Å². The smallest absolute Gasteiger partial charge is 0.223 e. The average molecular weight is 386 g/mol. The van der Waals surface area contributed by atoms with E-state index in [1.165, 1.54) is 37.7 Å². The van der Waals surface area contributed by atoms with Gasteiger partial charge in [0.2, 0.25) is 5.91 Å². The van der Waals surface area contributed by atoms with Crippen LogP contribution < -0.4 is 0 Å². The standard InChI is InChI=1S/C23H35N3O2/c1-24(2)18-19-8-10-20(11-9-19)22(27)12-13-23(28)26-16-14-25(15-17-26)21-6-4-3-5-7-21/h8-11,21H,3-7,12-18H2,1-2H3. The number of hydrogen-bond acceptors (Lipinski definition) is 4. The minimum absolute atomic E-state index is 0.0607. The number of piperazine rings is 1. The predicted octanol–water partition coefficient (Wildman–Crippen LogP) is 3.19. The van der Waals surface area contributed by atoms with E-state index in [1.807, 2.05) is 43.3 Å². The number of rotatable bonds is 7. The number of ketones is 1. The van der Waals surface area contributed by atoms with E-state index in [2.05, 4.69) is 9.80 Å². The van der Waals surface area contributed by atoms with Crippen LogP contribution in [0.4, 0.5) is 0 Å². The van der Waals surface area contributed by atoms with E-state index in [-0.39, 0.29) is 11.7 Å². The number of carbonyl (C=O) groups is 2. The molecule has 1 aliphatic heterocycles. The molecule has 0 radical (unpaired) electrons. The van der Waals surface area contributed by atoms with Gasteiger partial charge in [0.15, 0.2) is 5.78 Å². The molecule has 1 saturated heterocycles. The first-order chi connectivity index (χ1) is 13.5. The van der Waals surface area contributed by atoms with Gasteiger partial charge in [-0.3, -0.25) is 14.5 Å². The van der Waals surface area contributed by atoms with Gasteiger partial charge in [0.25, 0.3) is 0 Å². The lowest BCUT2D eigenvalue weighted by molar-refractivity contribution is -0.133. The minimum Gasteiger partial charge on any atom is -0.340 e. The van der Waals surface area contributed by atoms with Gasteiger partial charge >= 0.3 is 0 Å². The van der Waals surface area contributed by atoms with Gasteiger partial charge in [0.1, 0.15) is 0 Å². The van der Waals surface area contributed by atoms with Crippen molar-refractivity contribution < 1.29 is 9.59 Å². The summed E-state index contributed by atoms with van der Waals surface area (Å²) in [6.07, 6.45) is 7.33. The average Bonchev–Trinajstić information content (AvgIpc) is 2.72. The second-order valence-corrected chi connectivity index (χ2v) is 8.57. The molecule has 28 heavy (non-hydrogen) atoms. The molecule has 0 spiro atoms. The number of nitrogens with zero attached hydrogens (tertiary/aromatic N) is 3. The van der Waals surface area contributed by atoms with Crippen LogP contribution in [-0.2, 0) is 11.3 Å². The Balaban J connectivity index is 1.41. The Hall–Kier alpha value is -1.72. The molecule has 2 fully saturated rings. The lowest BCUT2D eigenvalue weighted by Gasteiger charge is -2.40. The fraction of sp³-hybridized carbons (Fsp3) is 0.652. The van der Waals surface area contributed by atoms with Crippen molar-refractivity contribution in [3.63, 3.8) is 0 Å². The number of Topliss-reactive ketones (excluding diaryl/α,β-unsaturated/α-hetero) is 1. The van der Waals surface area contributed by atoms with Crippen molar-refractivity contribution in [1.29, 1.82) is 0 Å². The summed E-state index contributed by atoms with van der Waals surface area (Å²) in [5, 5.41) is 0. The molecular formula is C23H35N3O2. The Morgan fingerprint density at radius 3 is 2.18 bits per heavy atom. The zero-order valence-electron chi connectivity index (χ0n) is 17.5. The van der Waals surface area contributed by atoms with E-state index in [4.69, 9.17) is 0 Å². The summed E-state index contributed by atoms with van der Waals surface area (Å²) in [6, 6.07) is 8.49. The Kier molecular flexibility index (Phi) is 7.63. The van der Waals surface area contributed by atoms with Crippen molar-refractivity contribution in [2.24, 2.45) is 0 Å². The molecule has 0 aromatic heterocycles. The molecule has 1 amide bonds. The van der Waals surface area contributed by atoms with Crippen molar-refractivity contribution in [3.05, 3.63) is 35.4 Å². The van der Waals surface area contributed by atoms with E-state index in [0.717, 1.165) is 38.8 Å². The van der Waals surface area contributed by atoms with E-state index >= 15 is 0 Å². The minimum atomic E-state index is 0.0607. The normalized spacial score (nSPS) is 19.2. The quantitative estimate of drug-likeness (QED) is 0.676. The first-order valence-corrected chi connectivity index (χ1v) is 10.8. The molecule has 3 rings (SSSR count). The molecule has 1 saturated carbocycles. The summed E-state index contributed by atoms with van der Waals surface area (Å²) < 4.78 is 0. The number of amides is 1. The van der Waals surface area contributed by atoms with Crippen molar-refractivity contribution in [3.8, 4) is 0 Å². The van der Waals surface area contributed by atoms with Crippen LogP contribution in [0.15, 0.2) is 24.3 Å². The van der Waals surface area contributed by atoms with Crippen molar-refractivity contribution >= 4 is 11.7 Å². The highest BCUT2D eigenvalue weighted by molar-refractivity contribution is 5.98. The molecule has 0 N–H and O–H groups in total. The molecule has 1 aliphatic carbocycles. The van der Waals surface area contributed by atoms with E-state index in [1.54, 1.807) is 0 Å². The summed E-state index contributed by atoms with van der Waals surface area (Å²) in [7, 11) is 4.05. The fourth-order valence-electron chi connectivity index (χ4n) is 4.47. The van der Waals surface area contributed by atoms with Gasteiger partial charge in [-0.2, -0.15) is 0 Å². The predicted molar refractivity (Wildman–Crippen MR) is 112 cm³/mol. The van der Waals surface area contributed by atoms with Gasteiger partial charge in [-0.05, 0) is 32.5 Å². The van der Waals surface area contributed by atoms with Crippen molar-refractivity contribution in [2.45, 2.75) is 57.5 Å². The molecule has 154 valence electrons. The Labute approximate surface area is 169 Å². The second-order valence-electron chi connectivity index (χ2n) is 8.57. The zero-order valence-corrected chi connectivity index (χ0v) is 17.5. The van der Waals surface area contributed by atoms with Gasteiger partial charge in [-0.15, -0.1) is 0 Å². The highest BCUT2D eigenvalue weighted by atomic mass is 16.2. The largest absolute Gasteiger partial charge is 0.340 e. The molecule has 1 aromatic rings. The summed E-state index contributed by atoms with van der Waals surface area (Å²) in [5.41, 5.74) is 1.89. The van der Waals surface area contributed by atoms with Crippen LogP contribution >= 0.6 is 0 Å². The van der Waals surface area contributed by atoms with Crippen LogP contribution in [-0.4, -0.2) is 72.7 Å².